The molecule has 18 nitrogen and oxygen atoms in total. The highest BCUT2D eigenvalue weighted by molar-refractivity contribution is 6.61. The number of nitrogens with one attached hydrogen (secondary N) is 3. The molecule has 3 amide bonds. The van der Waals surface area contributed by atoms with Gasteiger partial charge in [0.2, 0.25) is 0 Å². The van der Waals surface area contributed by atoms with Crippen molar-refractivity contribution in [3.63, 3.8) is 0 Å². The van der Waals surface area contributed by atoms with Gasteiger partial charge in [0.05, 0.1) is 25.9 Å². The van der Waals surface area contributed by atoms with Gasteiger partial charge in [-0.25, -0.2) is 14.4 Å². The lowest BCUT2D eigenvalue weighted by molar-refractivity contribution is 0.0674. The molecule has 0 bridgehead atoms. The average molecular weight is 834 g/mol. The van der Waals surface area contributed by atoms with E-state index in [9.17, 15) is 14.4 Å². The monoisotopic (exact) mass is 833 g/mol. The Balaban J connectivity index is 5.27. The summed E-state index contributed by atoms with van der Waals surface area (Å²) in [4.78, 5) is 38.0. The molecule has 0 aliphatic heterocycles. The van der Waals surface area contributed by atoms with E-state index >= 15 is 0 Å². The zero-order valence-corrected chi connectivity index (χ0v) is 37.3. The van der Waals surface area contributed by atoms with Gasteiger partial charge >= 0.3 is 44.7 Å². The molecule has 54 heavy (non-hydrogen) atoms. The van der Waals surface area contributed by atoms with Crippen LogP contribution in [0.2, 0.25) is 18.1 Å². The molecule has 0 fully saturated rings. The Morgan fingerprint density at radius 2 is 0.648 bits per heavy atom. The van der Waals surface area contributed by atoms with Crippen molar-refractivity contribution in [2.75, 3.05) is 92.4 Å². The Bertz CT molecular complexity index is 876. The molecule has 0 saturated heterocycles. The number of alkyl carbamates (subject to hydrolysis) is 3. The Morgan fingerprint density at radius 3 is 0.889 bits per heavy atom. The minimum absolute atomic E-state index is 0.0670. The van der Waals surface area contributed by atoms with Crippen LogP contribution in [0.25, 0.3) is 0 Å². The van der Waals surface area contributed by atoms with E-state index in [1.54, 1.807) is 0 Å². The SMILES string of the molecule is CCO[Si](CCCOC(=O)NCC(CNC(=O)OCCC[Si](OCC)(OCC)OCC)NC(=O)OCCC[Si](OCC)(OCC)OCC)(OCC)OCC. The van der Waals surface area contributed by atoms with Gasteiger partial charge in [-0.2, -0.15) is 0 Å². The lowest BCUT2D eigenvalue weighted by Crippen LogP contribution is -2.50. The molecule has 0 saturated carbocycles. The van der Waals surface area contributed by atoms with Crippen LogP contribution in [0.1, 0.15) is 81.6 Å². The molecule has 0 radical (unpaired) electrons. The molecule has 0 aromatic heterocycles. The Hall–Kier alpha value is -1.90. The van der Waals surface area contributed by atoms with Crippen LogP contribution in [0.15, 0.2) is 0 Å². The van der Waals surface area contributed by atoms with Gasteiger partial charge in [-0.15, -0.1) is 0 Å². The zero-order chi connectivity index (χ0) is 40.6. The molecule has 0 spiro atoms. The van der Waals surface area contributed by atoms with Gasteiger partial charge in [0.1, 0.15) is 0 Å². The second-order valence-electron chi connectivity index (χ2n) is 11.3. The molecule has 3 N–H and O–H groups in total. The van der Waals surface area contributed by atoms with Crippen LogP contribution in [0, 0.1) is 0 Å². The standard InChI is InChI=1S/C33H71N3O15Si3/c1-10-43-52(44-11-2,45-12-3)25-19-22-40-31(37)34-28-30(36-33(39)42-24-21-27-54(49-16-7,50-17-8)51-18-9)29-35-32(38)41-23-20-26-53(46-13-4,47-14-5)48-15-6/h30H,10-29H2,1-9H3,(H,34,37)(H,35,38)(H,36,39). The van der Waals surface area contributed by atoms with E-state index in [0.29, 0.717) is 96.9 Å². The van der Waals surface area contributed by atoms with E-state index < -0.39 is 50.7 Å². The first-order valence-electron chi connectivity index (χ1n) is 19.5. The number of hydrogen-bond donors (Lipinski definition) is 3. The van der Waals surface area contributed by atoms with E-state index in [0.717, 1.165) is 0 Å². The first-order chi connectivity index (χ1) is 26.0. The van der Waals surface area contributed by atoms with Gasteiger partial charge in [-0.3, -0.25) is 0 Å². The summed E-state index contributed by atoms with van der Waals surface area (Å²) in [7, 11) is -8.65. The van der Waals surface area contributed by atoms with Gasteiger partial charge in [0.15, 0.2) is 0 Å². The van der Waals surface area contributed by atoms with Crippen molar-refractivity contribution in [3.8, 4) is 0 Å². The van der Waals surface area contributed by atoms with E-state index in [2.05, 4.69) is 16.0 Å². The van der Waals surface area contributed by atoms with E-state index in [1.807, 2.05) is 62.3 Å². The topological polar surface area (TPSA) is 198 Å². The van der Waals surface area contributed by atoms with Gasteiger partial charge in [0, 0.05) is 90.7 Å². The second-order valence-corrected chi connectivity index (χ2v) is 19.5. The molecule has 0 rings (SSSR count). The van der Waals surface area contributed by atoms with Gasteiger partial charge in [0.25, 0.3) is 0 Å². The number of carbonyl (C=O) groups is 3. The predicted molar refractivity (Wildman–Crippen MR) is 207 cm³/mol. The van der Waals surface area contributed by atoms with Crippen molar-refractivity contribution < 1.29 is 68.4 Å². The molecule has 0 unspecified atom stereocenters. The highest BCUT2D eigenvalue weighted by Crippen LogP contribution is 2.20. The van der Waals surface area contributed by atoms with Crippen LogP contribution < -0.4 is 16.0 Å². The third-order valence-electron chi connectivity index (χ3n) is 7.17. The maximum atomic E-state index is 12.8. The van der Waals surface area contributed by atoms with Crippen molar-refractivity contribution in [1.29, 1.82) is 0 Å². The van der Waals surface area contributed by atoms with E-state index in [1.165, 1.54) is 0 Å². The van der Waals surface area contributed by atoms with Crippen molar-refractivity contribution in [3.05, 3.63) is 0 Å². The Labute approximate surface area is 326 Å². The smallest absolute Gasteiger partial charge is 0.450 e. The van der Waals surface area contributed by atoms with Crippen molar-refractivity contribution in [1.82, 2.24) is 16.0 Å². The van der Waals surface area contributed by atoms with Crippen molar-refractivity contribution in [2.45, 2.75) is 106 Å². The molecule has 0 aromatic carbocycles. The quantitative estimate of drug-likeness (QED) is 0.0445. The fourth-order valence-corrected chi connectivity index (χ4v) is 13.0. The molecule has 0 aliphatic carbocycles. The largest absolute Gasteiger partial charge is 0.501 e. The number of hydrogen-bond acceptors (Lipinski definition) is 15. The summed E-state index contributed by atoms with van der Waals surface area (Å²) in [6, 6.07) is 0.650. The summed E-state index contributed by atoms with van der Waals surface area (Å²) in [5, 5.41) is 7.95. The molecule has 320 valence electrons. The van der Waals surface area contributed by atoms with E-state index in [4.69, 9.17) is 54.0 Å². The molecule has 0 atom stereocenters. The first kappa shape index (κ1) is 52.1. The third-order valence-corrected chi connectivity index (χ3v) is 16.6. The van der Waals surface area contributed by atoms with Gasteiger partial charge in [-0.05, 0) is 81.6 Å². The molecular formula is C33H71N3O15Si3. The lowest BCUT2D eigenvalue weighted by atomic mass is 10.3. The number of amides is 3. The number of ether oxygens (including phenoxy) is 3. The minimum Gasteiger partial charge on any atom is -0.450 e. The number of rotatable bonds is 35. The van der Waals surface area contributed by atoms with Crippen LogP contribution in [0.5, 0.6) is 0 Å². The Morgan fingerprint density at radius 1 is 0.407 bits per heavy atom. The zero-order valence-electron chi connectivity index (χ0n) is 34.3. The van der Waals surface area contributed by atoms with Crippen LogP contribution in [0.4, 0.5) is 14.4 Å². The summed E-state index contributed by atoms with van der Waals surface area (Å²) in [5.74, 6) is 0. The fourth-order valence-electron chi connectivity index (χ4n) is 5.26. The minimum atomic E-state index is -2.90. The lowest BCUT2D eigenvalue weighted by Gasteiger charge is -2.28. The molecule has 0 aliphatic rings. The van der Waals surface area contributed by atoms with Crippen LogP contribution in [-0.4, -0.2) is 143 Å². The highest BCUT2D eigenvalue weighted by atomic mass is 28.4. The summed E-state index contributed by atoms with van der Waals surface area (Å²) in [6.45, 7) is 20.9. The summed E-state index contributed by atoms with van der Waals surface area (Å²) in [5.41, 5.74) is 0. The first-order valence-corrected chi connectivity index (χ1v) is 25.3. The normalized spacial score (nSPS) is 12.1. The molecule has 0 aromatic rings. The summed E-state index contributed by atoms with van der Waals surface area (Å²) >= 11 is 0. The van der Waals surface area contributed by atoms with Crippen molar-refractivity contribution in [2.24, 2.45) is 0 Å². The third kappa shape index (κ3) is 23.2. The summed E-state index contributed by atoms with van der Waals surface area (Å²) in [6.07, 6.45) is -0.781. The maximum Gasteiger partial charge on any atom is 0.501 e. The average Bonchev–Trinajstić information content (AvgIpc) is 3.12. The molecule has 0 heterocycles. The van der Waals surface area contributed by atoms with Gasteiger partial charge < -0.3 is 70.0 Å². The maximum absolute atomic E-state index is 12.8. The fraction of sp³-hybridized carbons (Fsp3) is 0.909. The van der Waals surface area contributed by atoms with Gasteiger partial charge in [-0.1, -0.05) is 0 Å². The second kappa shape index (κ2) is 32.2. The number of carbonyl (C=O) groups excluding carboxylic acids is 3. The van der Waals surface area contributed by atoms with Crippen LogP contribution in [0.3, 0.4) is 0 Å². The van der Waals surface area contributed by atoms with Crippen LogP contribution >= 0.6 is 0 Å². The van der Waals surface area contributed by atoms with Crippen molar-refractivity contribution >= 4 is 44.7 Å². The van der Waals surface area contributed by atoms with Crippen LogP contribution in [-0.2, 0) is 54.0 Å². The van der Waals surface area contributed by atoms with E-state index in [-0.39, 0.29) is 32.9 Å². The molecule has 21 heteroatoms. The highest BCUT2D eigenvalue weighted by Gasteiger charge is 2.41. The Kier molecular flexibility index (Phi) is 31.1. The predicted octanol–water partition coefficient (Wildman–Crippen LogP) is 4.85. The summed E-state index contributed by atoms with van der Waals surface area (Å²) < 4.78 is 68.8. The molecular weight excluding hydrogens is 763 g/mol.